The van der Waals surface area contributed by atoms with Gasteiger partial charge in [0.2, 0.25) is 5.91 Å². The van der Waals surface area contributed by atoms with E-state index in [1.54, 1.807) is 0 Å². The Morgan fingerprint density at radius 2 is 1.77 bits per heavy atom. The van der Waals surface area contributed by atoms with Gasteiger partial charge in [0.15, 0.2) is 0 Å². The first-order valence-electron chi connectivity index (χ1n) is 9.54. The number of para-hydroxylation sites is 1. The number of amides is 1. The summed E-state index contributed by atoms with van der Waals surface area (Å²) in [5, 5.41) is 3.19. The number of hydrogen-bond donors (Lipinski definition) is 1. The van der Waals surface area contributed by atoms with E-state index in [4.69, 9.17) is 4.74 Å². The standard InChI is InChI=1S/C22H26N2O2/c25-22(23-20-10-12-26-13-11-20)16-24-15-19(17-6-2-1-3-7-17)14-18-8-4-5-9-21(18)24/h1-9,19-20H,10-16H2,(H,23,25). The average Bonchev–Trinajstić information content (AvgIpc) is 2.69. The third-order valence-electron chi connectivity index (χ3n) is 5.43. The molecular weight excluding hydrogens is 324 g/mol. The highest BCUT2D eigenvalue weighted by molar-refractivity contribution is 5.82. The van der Waals surface area contributed by atoms with Gasteiger partial charge < -0.3 is 15.0 Å². The smallest absolute Gasteiger partial charge is 0.239 e. The van der Waals surface area contributed by atoms with E-state index < -0.39 is 0 Å². The number of carbonyl (C=O) groups is 1. The molecule has 0 aromatic heterocycles. The van der Waals surface area contributed by atoms with Crippen LogP contribution >= 0.6 is 0 Å². The highest BCUT2D eigenvalue weighted by Gasteiger charge is 2.27. The number of nitrogens with one attached hydrogen (secondary N) is 1. The van der Waals surface area contributed by atoms with Crippen LogP contribution in [0.4, 0.5) is 5.69 Å². The second kappa shape index (κ2) is 7.92. The molecule has 4 rings (SSSR count). The van der Waals surface area contributed by atoms with Gasteiger partial charge >= 0.3 is 0 Å². The summed E-state index contributed by atoms with van der Waals surface area (Å²) in [6.07, 6.45) is 2.85. The van der Waals surface area contributed by atoms with Crippen molar-refractivity contribution < 1.29 is 9.53 Å². The van der Waals surface area contributed by atoms with Crippen molar-refractivity contribution in [3.8, 4) is 0 Å². The van der Waals surface area contributed by atoms with Gasteiger partial charge in [0.25, 0.3) is 0 Å². The van der Waals surface area contributed by atoms with Gasteiger partial charge in [0, 0.05) is 37.4 Å². The van der Waals surface area contributed by atoms with E-state index >= 15 is 0 Å². The lowest BCUT2D eigenvalue weighted by atomic mass is 9.87. The molecule has 2 aromatic carbocycles. The van der Waals surface area contributed by atoms with Crippen molar-refractivity contribution in [2.45, 2.75) is 31.2 Å². The van der Waals surface area contributed by atoms with Crippen LogP contribution in [0.3, 0.4) is 0 Å². The SMILES string of the molecule is O=C(CN1CC(c2ccccc2)Cc2ccccc21)NC1CCOCC1. The minimum atomic E-state index is 0.111. The maximum atomic E-state index is 12.6. The van der Waals surface area contributed by atoms with Crippen molar-refractivity contribution in [3.05, 3.63) is 65.7 Å². The summed E-state index contributed by atoms with van der Waals surface area (Å²) in [5.74, 6) is 0.530. The van der Waals surface area contributed by atoms with Crippen molar-refractivity contribution in [3.63, 3.8) is 0 Å². The summed E-state index contributed by atoms with van der Waals surface area (Å²) in [5.41, 5.74) is 3.87. The van der Waals surface area contributed by atoms with Crippen molar-refractivity contribution >= 4 is 11.6 Å². The van der Waals surface area contributed by atoms with Crippen LogP contribution in [0.1, 0.15) is 29.9 Å². The normalized spacial score (nSPS) is 20.5. The Morgan fingerprint density at radius 3 is 2.58 bits per heavy atom. The van der Waals surface area contributed by atoms with Gasteiger partial charge in [0.1, 0.15) is 0 Å². The second-order valence-electron chi connectivity index (χ2n) is 7.28. The summed E-state index contributed by atoms with van der Waals surface area (Å²) < 4.78 is 5.38. The maximum Gasteiger partial charge on any atom is 0.239 e. The fourth-order valence-electron chi connectivity index (χ4n) is 4.07. The Kier molecular flexibility index (Phi) is 5.21. The summed E-state index contributed by atoms with van der Waals surface area (Å²) >= 11 is 0. The lowest BCUT2D eigenvalue weighted by molar-refractivity contribution is -0.121. The van der Waals surface area contributed by atoms with E-state index in [1.165, 1.54) is 16.8 Å². The second-order valence-corrected chi connectivity index (χ2v) is 7.28. The molecule has 0 aliphatic carbocycles. The number of hydrogen-bond acceptors (Lipinski definition) is 3. The van der Waals surface area contributed by atoms with Gasteiger partial charge in [-0.05, 0) is 36.5 Å². The molecule has 136 valence electrons. The van der Waals surface area contributed by atoms with Crippen LogP contribution in [0.2, 0.25) is 0 Å². The predicted octanol–water partition coefficient (Wildman–Crippen LogP) is 3.13. The number of anilines is 1. The molecule has 1 saturated heterocycles. The van der Waals surface area contributed by atoms with Gasteiger partial charge in [-0.25, -0.2) is 0 Å². The number of fused-ring (bicyclic) bond motifs is 1. The van der Waals surface area contributed by atoms with Crippen LogP contribution in [-0.2, 0) is 16.0 Å². The molecule has 1 amide bonds. The molecule has 0 saturated carbocycles. The molecule has 0 radical (unpaired) electrons. The molecule has 1 unspecified atom stereocenters. The van der Waals surface area contributed by atoms with Gasteiger partial charge in [-0.15, -0.1) is 0 Å². The number of benzene rings is 2. The topological polar surface area (TPSA) is 41.6 Å². The summed E-state index contributed by atoms with van der Waals surface area (Å²) in [7, 11) is 0. The third kappa shape index (κ3) is 3.91. The molecule has 2 aliphatic heterocycles. The highest BCUT2D eigenvalue weighted by atomic mass is 16.5. The lowest BCUT2D eigenvalue weighted by Gasteiger charge is -2.36. The first kappa shape index (κ1) is 17.1. The van der Waals surface area contributed by atoms with Crippen LogP contribution in [-0.4, -0.2) is 38.3 Å². The summed E-state index contributed by atoms with van der Waals surface area (Å²) in [6.45, 7) is 2.78. The fourth-order valence-corrected chi connectivity index (χ4v) is 4.07. The molecule has 2 heterocycles. The van der Waals surface area contributed by atoms with Gasteiger partial charge in [-0.1, -0.05) is 48.5 Å². The zero-order valence-electron chi connectivity index (χ0n) is 15.1. The molecule has 2 aliphatic rings. The molecule has 4 heteroatoms. The van der Waals surface area contributed by atoms with E-state index in [0.29, 0.717) is 12.5 Å². The monoisotopic (exact) mass is 350 g/mol. The van der Waals surface area contributed by atoms with Crippen LogP contribution in [0.15, 0.2) is 54.6 Å². The largest absolute Gasteiger partial charge is 0.381 e. The van der Waals surface area contributed by atoms with E-state index in [9.17, 15) is 4.79 Å². The third-order valence-corrected chi connectivity index (χ3v) is 5.43. The number of carbonyl (C=O) groups excluding carboxylic acids is 1. The minimum Gasteiger partial charge on any atom is -0.381 e. The van der Waals surface area contributed by atoms with Crippen molar-refractivity contribution in [1.29, 1.82) is 0 Å². The Balaban J connectivity index is 1.49. The fraction of sp³-hybridized carbons (Fsp3) is 0.409. The van der Waals surface area contributed by atoms with E-state index in [-0.39, 0.29) is 11.9 Å². The number of rotatable bonds is 4. The molecular formula is C22H26N2O2. The van der Waals surface area contributed by atoms with Crippen LogP contribution in [0.5, 0.6) is 0 Å². The quantitative estimate of drug-likeness (QED) is 0.921. The van der Waals surface area contributed by atoms with Crippen molar-refractivity contribution in [1.82, 2.24) is 5.32 Å². The molecule has 26 heavy (non-hydrogen) atoms. The Morgan fingerprint density at radius 1 is 1.04 bits per heavy atom. The maximum absolute atomic E-state index is 12.6. The predicted molar refractivity (Wildman–Crippen MR) is 104 cm³/mol. The van der Waals surface area contributed by atoms with Gasteiger partial charge in [-0.3, -0.25) is 4.79 Å². The Labute approximate surface area is 155 Å². The van der Waals surface area contributed by atoms with Gasteiger partial charge in [-0.2, -0.15) is 0 Å². The lowest BCUT2D eigenvalue weighted by Crippen LogP contribution is -2.46. The van der Waals surface area contributed by atoms with Crippen LogP contribution < -0.4 is 10.2 Å². The zero-order valence-corrected chi connectivity index (χ0v) is 15.1. The van der Waals surface area contributed by atoms with E-state index in [2.05, 4.69) is 64.8 Å². The van der Waals surface area contributed by atoms with E-state index in [0.717, 1.165) is 39.0 Å². The van der Waals surface area contributed by atoms with Crippen LogP contribution in [0.25, 0.3) is 0 Å². The molecule has 4 nitrogen and oxygen atoms in total. The van der Waals surface area contributed by atoms with E-state index in [1.807, 2.05) is 0 Å². The van der Waals surface area contributed by atoms with Crippen molar-refractivity contribution in [2.24, 2.45) is 0 Å². The Bertz CT molecular complexity index is 741. The first-order chi connectivity index (χ1) is 12.8. The number of ether oxygens (including phenoxy) is 1. The average molecular weight is 350 g/mol. The molecule has 0 bridgehead atoms. The molecule has 2 aromatic rings. The highest BCUT2D eigenvalue weighted by Crippen LogP contribution is 2.34. The van der Waals surface area contributed by atoms with Crippen LogP contribution in [0, 0.1) is 0 Å². The molecule has 1 N–H and O–H groups in total. The molecule has 1 fully saturated rings. The summed E-state index contributed by atoms with van der Waals surface area (Å²) in [4.78, 5) is 14.9. The van der Waals surface area contributed by atoms with Crippen molar-refractivity contribution in [2.75, 3.05) is 31.2 Å². The minimum absolute atomic E-state index is 0.111. The molecule has 1 atom stereocenters. The number of nitrogens with zero attached hydrogens (tertiary/aromatic N) is 1. The zero-order chi connectivity index (χ0) is 17.8. The summed E-state index contributed by atoms with van der Waals surface area (Å²) in [6, 6.07) is 19.4. The Hall–Kier alpha value is -2.33. The first-order valence-corrected chi connectivity index (χ1v) is 9.54. The van der Waals surface area contributed by atoms with Gasteiger partial charge in [0.05, 0.1) is 6.54 Å². The molecule has 0 spiro atoms.